The lowest BCUT2D eigenvalue weighted by Crippen LogP contribution is -2.20. The fraction of sp³-hybridized carbons (Fsp3) is 1.00. The Balaban J connectivity index is 1.46. The van der Waals surface area contributed by atoms with E-state index in [1.807, 2.05) is 0 Å². The summed E-state index contributed by atoms with van der Waals surface area (Å²) < 4.78 is 15.7. The van der Waals surface area contributed by atoms with Crippen molar-refractivity contribution in [3.8, 4) is 0 Å². The molecule has 2 heterocycles. The molecular weight excluding hydrogens is 188 g/mol. The van der Waals surface area contributed by atoms with E-state index in [1.54, 1.807) is 0 Å². The highest BCUT2D eigenvalue weighted by atomic mass is 17.2. The first-order valence-electron chi connectivity index (χ1n) is 5.04. The maximum Gasteiger partial charge on any atom is 0.184 e. The highest BCUT2D eigenvalue weighted by Gasteiger charge is 2.18. The molecule has 2 saturated heterocycles. The van der Waals surface area contributed by atoms with E-state index >= 15 is 0 Å². The van der Waals surface area contributed by atoms with Gasteiger partial charge in [0.2, 0.25) is 0 Å². The van der Waals surface area contributed by atoms with Crippen molar-refractivity contribution >= 4 is 0 Å². The van der Waals surface area contributed by atoms with Crippen molar-refractivity contribution in [2.45, 2.75) is 25.2 Å². The Morgan fingerprint density at radius 3 is 2.43 bits per heavy atom. The van der Waals surface area contributed by atoms with Crippen LogP contribution in [-0.2, 0) is 24.0 Å². The Bertz CT molecular complexity index is 133. The lowest BCUT2D eigenvalue weighted by Gasteiger charge is -2.11. The minimum Gasteiger partial charge on any atom is -0.376 e. The Labute approximate surface area is 83.1 Å². The van der Waals surface area contributed by atoms with E-state index in [0.717, 1.165) is 19.4 Å². The molecule has 5 heteroatoms. The molecule has 0 saturated carbocycles. The smallest absolute Gasteiger partial charge is 0.184 e. The molecule has 0 bridgehead atoms. The normalized spacial score (nSPS) is 28.7. The van der Waals surface area contributed by atoms with Gasteiger partial charge in [0.25, 0.3) is 0 Å². The van der Waals surface area contributed by atoms with Gasteiger partial charge in [0.15, 0.2) is 6.29 Å². The van der Waals surface area contributed by atoms with Crippen molar-refractivity contribution in [2.75, 3.05) is 33.0 Å². The molecule has 0 spiro atoms. The number of hydrogen-bond donors (Lipinski definition) is 0. The molecule has 0 aromatic heterocycles. The van der Waals surface area contributed by atoms with Gasteiger partial charge in [-0.25, -0.2) is 9.78 Å². The molecule has 2 fully saturated rings. The Kier molecular flexibility index (Phi) is 4.15. The number of hydrogen-bond acceptors (Lipinski definition) is 5. The zero-order chi connectivity index (χ0) is 9.64. The van der Waals surface area contributed by atoms with Crippen molar-refractivity contribution in [3.63, 3.8) is 0 Å². The molecule has 0 aliphatic carbocycles. The summed E-state index contributed by atoms with van der Waals surface area (Å²) in [6.45, 7) is 2.93. The second kappa shape index (κ2) is 5.63. The van der Waals surface area contributed by atoms with Crippen LogP contribution in [-0.4, -0.2) is 45.4 Å². The van der Waals surface area contributed by atoms with Gasteiger partial charge in [-0.05, 0) is 12.8 Å². The second-order valence-electron chi connectivity index (χ2n) is 3.38. The molecule has 0 aromatic carbocycles. The minimum absolute atomic E-state index is 0.195. The number of ether oxygens (including phenoxy) is 3. The van der Waals surface area contributed by atoms with Crippen LogP contribution in [0, 0.1) is 0 Å². The number of rotatable bonds is 5. The van der Waals surface area contributed by atoms with E-state index < -0.39 is 0 Å². The van der Waals surface area contributed by atoms with Crippen molar-refractivity contribution in [1.29, 1.82) is 0 Å². The third-order valence-electron chi connectivity index (χ3n) is 2.26. The average Bonchev–Trinajstić information content (AvgIpc) is 2.86. The van der Waals surface area contributed by atoms with Gasteiger partial charge >= 0.3 is 0 Å². The standard InChI is InChI=1S/C9H16O5/c1-2-8(10-3-1)6-13-14-7-9-11-4-5-12-9/h8-9H,1-7H2. The first-order chi connectivity index (χ1) is 6.95. The van der Waals surface area contributed by atoms with Crippen LogP contribution in [0.3, 0.4) is 0 Å². The summed E-state index contributed by atoms with van der Waals surface area (Å²) in [6, 6.07) is 0. The summed E-state index contributed by atoms with van der Waals surface area (Å²) in [5, 5.41) is 0. The lowest BCUT2D eigenvalue weighted by atomic mass is 10.2. The molecule has 2 aliphatic rings. The third kappa shape index (κ3) is 3.18. The molecule has 0 N–H and O–H groups in total. The van der Waals surface area contributed by atoms with Crippen LogP contribution in [0.1, 0.15) is 12.8 Å². The van der Waals surface area contributed by atoms with Gasteiger partial charge < -0.3 is 14.2 Å². The van der Waals surface area contributed by atoms with Crippen molar-refractivity contribution in [2.24, 2.45) is 0 Å². The first kappa shape index (κ1) is 10.3. The van der Waals surface area contributed by atoms with Crippen LogP contribution in [0.5, 0.6) is 0 Å². The molecule has 2 aliphatic heterocycles. The van der Waals surface area contributed by atoms with Crippen LogP contribution in [0.15, 0.2) is 0 Å². The fourth-order valence-corrected chi connectivity index (χ4v) is 1.51. The minimum atomic E-state index is -0.264. The third-order valence-corrected chi connectivity index (χ3v) is 2.26. The summed E-state index contributed by atoms with van der Waals surface area (Å²) in [5.41, 5.74) is 0. The van der Waals surface area contributed by atoms with Gasteiger partial charge in [0.05, 0.1) is 19.3 Å². The quantitative estimate of drug-likeness (QED) is 0.370. The summed E-state index contributed by atoms with van der Waals surface area (Å²) in [5.74, 6) is 0. The molecule has 14 heavy (non-hydrogen) atoms. The van der Waals surface area contributed by atoms with Crippen LogP contribution in [0.2, 0.25) is 0 Å². The zero-order valence-electron chi connectivity index (χ0n) is 8.15. The van der Waals surface area contributed by atoms with E-state index in [1.165, 1.54) is 0 Å². The van der Waals surface area contributed by atoms with Gasteiger partial charge in [-0.1, -0.05) is 0 Å². The fourth-order valence-electron chi connectivity index (χ4n) is 1.51. The van der Waals surface area contributed by atoms with Gasteiger partial charge in [0, 0.05) is 6.61 Å². The second-order valence-corrected chi connectivity index (χ2v) is 3.38. The van der Waals surface area contributed by atoms with E-state index in [9.17, 15) is 0 Å². The molecule has 5 nitrogen and oxygen atoms in total. The van der Waals surface area contributed by atoms with Crippen molar-refractivity contribution in [3.05, 3.63) is 0 Å². The van der Waals surface area contributed by atoms with Crippen molar-refractivity contribution < 1.29 is 24.0 Å². The predicted molar refractivity (Wildman–Crippen MR) is 46.6 cm³/mol. The Morgan fingerprint density at radius 1 is 0.929 bits per heavy atom. The highest BCUT2D eigenvalue weighted by molar-refractivity contribution is 4.62. The monoisotopic (exact) mass is 204 g/mol. The summed E-state index contributed by atoms with van der Waals surface area (Å²) in [7, 11) is 0. The van der Waals surface area contributed by atoms with Crippen LogP contribution in [0.25, 0.3) is 0 Å². The largest absolute Gasteiger partial charge is 0.376 e. The molecule has 0 aromatic rings. The van der Waals surface area contributed by atoms with Gasteiger partial charge in [-0.2, -0.15) is 0 Å². The zero-order valence-corrected chi connectivity index (χ0v) is 8.15. The van der Waals surface area contributed by atoms with Crippen LogP contribution < -0.4 is 0 Å². The summed E-state index contributed by atoms with van der Waals surface area (Å²) >= 11 is 0. The molecule has 1 atom stereocenters. The van der Waals surface area contributed by atoms with Crippen LogP contribution >= 0.6 is 0 Å². The van der Waals surface area contributed by atoms with Crippen LogP contribution in [0.4, 0.5) is 0 Å². The van der Waals surface area contributed by atoms with E-state index in [0.29, 0.717) is 26.4 Å². The van der Waals surface area contributed by atoms with Crippen molar-refractivity contribution in [1.82, 2.24) is 0 Å². The SMILES string of the molecule is C1COC(COOCC2OCCO2)C1. The topological polar surface area (TPSA) is 46.2 Å². The molecule has 0 radical (unpaired) electrons. The van der Waals surface area contributed by atoms with E-state index in [-0.39, 0.29) is 12.4 Å². The molecule has 2 rings (SSSR count). The van der Waals surface area contributed by atoms with E-state index in [4.69, 9.17) is 24.0 Å². The van der Waals surface area contributed by atoms with Gasteiger partial charge in [0.1, 0.15) is 13.2 Å². The lowest BCUT2D eigenvalue weighted by molar-refractivity contribution is -0.327. The van der Waals surface area contributed by atoms with Gasteiger partial charge in [-0.3, -0.25) is 0 Å². The highest BCUT2D eigenvalue weighted by Crippen LogP contribution is 2.12. The van der Waals surface area contributed by atoms with E-state index in [2.05, 4.69) is 0 Å². The summed E-state index contributed by atoms with van der Waals surface area (Å²) in [6.07, 6.45) is 2.10. The van der Waals surface area contributed by atoms with Gasteiger partial charge in [-0.15, -0.1) is 0 Å². The summed E-state index contributed by atoms with van der Waals surface area (Å²) in [4.78, 5) is 9.94. The molecule has 0 amide bonds. The first-order valence-corrected chi connectivity index (χ1v) is 5.04. The Hall–Kier alpha value is -0.200. The molecular formula is C9H16O5. The average molecular weight is 204 g/mol. The maximum absolute atomic E-state index is 5.36. The molecule has 82 valence electrons. The maximum atomic E-state index is 5.36. The Morgan fingerprint density at radius 2 is 1.71 bits per heavy atom. The predicted octanol–water partition coefficient (Wildman–Crippen LogP) is 0.486. The molecule has 1 unspecified atom stereocenters.